The molecule has 0 aromatic heterocycles. The van der Waals surface area contributed by atoms with Crippen molar-refractivity contribution in [3.8, 4) is 0 Å². The summed E-state index contributed by atoms with van der Waals surface area (Å²) in [6.45, 7) is 4.47. The Labute approximate surface area is 331 Å². The predicted molar refractivity (Wildman–Crippen MR) is 225 cm³/mol. The zero-order valence-corrected chi connectivity index (χ0v) is 35.9. The van der Waals surface area contributed by atoms with E-state index in [0.29, 0.717) is 30.3 Å². The number of amides is 1. The summed E-state index contributed by atoms with van der Waals surface area (Å²) in [6.07, 6.45) is 41.5. The fourth-order valence-corrected chi connectivity index (χ4v) is 6.30. The van der Waals surface area contributed by atoms with Gasteiger partial charge in [-0.05, 0) is 51.4 Å². The molecule has 10 heteroatoms. The molecule has 0 heterocycles. The van der Waals surface area contributed by atoms with Crippen LogP contribution < -0.4 is 10.2 Å². The van der Waals surface area contributed by atoms with Crippen molar-refractivity contribution < 1.29 is 38.0 Å². The number of carbonyl (C=O) groups is 1. The quantitative estimate of drug-likeness (QED) is 0.0188. The van der Waals surface area contributed by atoms with E-state index in [1.165, 1.54) is 83.5 Å². The molecule has 1 amide bonds. The molecule has 0 rings (SSSR count). The Hall–Kier alpha value is -1.84. The van der Waals surface area contributed by atoms with Crippen LogP contribution in [-0.2, 0) is 18.4 Å². The molecule has 54 heavy (non-hydrogen) atoms. The number of aliphatic hydroxyl groups excluding tert-OH is 2. The van der Waals surface area contributed by atoms with Gasteiger partial charge in [0.05, 0.1) is 46.0 Å². The van der Waals surface area contributed by atoms with Gasteiger partial charge in [-0.3, -0.25) is 9.36 Å². The van der Waals surface area contributed by atoms with Gasteiger partial charge >= 0.3 is 0 Å². The molecule has 0 aromatic rings. The van der Waals surface area contributed by atoms with Crippen LogP contribution in [0.1, 0.15) is 155 Å². The molecular formula is C44H81N2O7P. The van der Waals surface area contributed by atoms with Crippen molar-refractivity contribution in [2.75, 3.05) is 40.9 Å². The molecule has 0 bridgehead atoms. The third kappa shape index (κ3) is 37.1. The van der Waals surface area contributed by atoms with Crippen LogP contribution in [-0.4, -0.2) is 79.8 Å². The molecular weight excluding hydrogens is 699 g/mol. The minimum absolute atomic E-state index is 0.0247. The molecule has 0 radical (unpaired) electrons. The number of allylic oxidation sites excluding steroid dienone is 7. The topological polar surface area (TPSA) is 128 Å². The predicted octanol–water partition coefficient (Wildman–Crippen LogP) is 9.80. The van der Waals surface area contributed by atoms with Gasteiger partial charge in [0, 0.05) is 6.42 Å². The van der Waals surface area contributed by atoms with Crippen LogP contribution in [0, 0.1) is 0 Å². The van der Waals surface area contributed by atoms with E-state index in [-0.39, 0.29) is 18.9 Å². The molecule has 0 aliphatic carbocycles. The largest absolute Gasteiger partial charge is 0.756 e. The molecule has 0 spiro atoms. The number of hydrogen-bond acceptors (Lipinski definition) is 7. The summed E-state index contributed by atoms with van der Waals surface area (Å²) in [4.78, 5) is 25.2. The van der Waals surface area contributed by atoms with E-state index in [1.54, 1.807) is 12.2 Å². The summed E-state index contributed by atoms with van der Waals surface area (Å²) in [6, 6.07) is -0.936. The van der Waals surface area contributed by atoms with Crippen molar-refractivity contribution in [2.45, 2.75) is 173 Å². The second-order valence-electron chi connectivity index (χ2n) is 15.5. The minimum Gasteiger partial charge on any atom is -0.756 e. The average molecular weight is 781 g/mol. The van der Waals surface area contributed by atoms with Gasteiger partial charge in [-0.1, -0.05) is 158 Å². The van der Waals surface area contributed by atoms with Crippen LogP contribution in [0.2, 0.25) is 0 Å². The summed E-state index contributed by atoms with van der Waals surface area (Å²) < 4.78 is 23.1. The average Bonchev–Trinajstić information content (AvgIpc) is 3.11. The number of nitrogens with zero attached hydrogens (tertiary/aromatic N) is 1. The Bertz CT molecular complexity index is 1080. The molecule has 4 atom stereocenters. The fraction of sp³-hybridized carbons (Fsp3) is 0.750. The molecule has 9 nitrogen and oxygen atoms in total. The number of hydrogen-bond donors (Lipinski definition) is 3. The molecule has 314 valence electrons. The summed E-state index contributed by atoms with van der Waals surface area (Å²) in [5.41, 5.74) is 0. The summed E-state index contributed by atoms with van der Waals surface area (Å²) >= 11 is 0. The molecule has 0 aromatic carbocycles. The van der Waals surface area contributed by atoms with Crippen LogP contribution in [0.3, 0.4) is 0 Å². The number of phosphoric ester groups is 1. The SMILES string of the molecule is CCCCC/C=C\C[C@H](O)/C=C/C=C\C/C=C\CCCC(=O)N[C@@H](COP(=O)([O-])OCC[N+](C)(C)C)[C@H](O)/C=C/CCCCCCCCCCCCCC. The van der Waals surface area contributed by atoms with Gasteiger partial charge < -0.3 is 34.0 Å². The molecule has 0 saturated carbocycles. The maximum Gasteiger partial charge on any atom is 0.268 e. The molecule has 0 fully saturated rings. The lowest BCUT2D eigenvalue weighted by Crippen LogP contribution is -2.45. The Morgan fingerprint density at radius 3 is 1.91 bits per heavy atom. The highest BCUT2D eigenvalue weighted by atomic mass is 31.2. The van der Waals surface area contributed by atoms with Crippen molar-refractivity contribution >= 4 is 13.7 Å². The first-order valence-corrected chi connectivity index (χ1v) is 22.7. The van der Waals surface area contributed by atoms with Gasteiger partial charge in [-0.2, -0.15) is 0 Å². The fourth-order valence-electron chi connectivity index (χ4n) is 5.58. The number of nitrogens with one attached hydrogen (secondary N) is 1. The molecule has 0 aliphatic rings. The Balaban J connectivity index is 4.66. The lowest BCUT2D eigenvalue weighted by molar-refractivity contribution is -0.870. The van der Waals surface area contributed by atoms with Crippen molar-refractivity contribution in [3.63, 3.8) is 0 Å². The molecule has 0 saturated heterocycles. The van der Waals surface area contributed by atoms with Crippen molar-refractivity contribution in [2.24, 2.45) is 0 Å². The van der Waals surface area contributed by atoms with Gasteiger partial charge in [0.2, 0.25) is 5.91 Å². The lowest BCUT2D eigenvalue weighted by atomic mass is 10.0. The third-order valence-electron chi connectivity index (χ3n) is 9.05. The van der Waals surface area contributed by atoms with Crippen molar-refractivity contribution in [3.05, 3.63) is 60.8 Å². The Kier molecular flexibility index (Phi) is 34.4. The standard InChI is InChI=1S/C44H81N2O7P/c1-6-8-10-12-14-15-16-17-18-19-20-24-28-32-36-43(48)42(40-53-54(50,51)52-39-38-46(3,4)5)45-44(49)37-33-29-25-22-21-23-27-31-35-41(47)34-30-26-13-11-9-7-2/h22-23,25-27,30-32,35-36,41-43,47-48H,6-21,24,28-29,33-34,37-40H2,1-5H3,(H-,45,49,50,51)/b25-22-,27-23-,30-26-,35-31+,36-32+/t41-,42-,43+/m0/s1. The second-order valence-corrected chi connectivity index (χ2v) is 17.0. The third-order valence-corrected chi connectivity index (χ3v) is 10.0. The van der Waals surface area contributed by atoms with Crippen LogP contribution >= 0.6 is 7.82 Å². The first-order chi connectivity index (χ1) is 25.9. The van der Waals surface area contributed by atoms with E-state index < -0.39 is 32.7 Å². The van der Waals surface area contributed by atoms with Crippen LogP contribution in [0.5, 0.6) is 0 Å². The van der Waals surface area contributed by atoms with Gasteiger partial charge in [0.15, 0.2) is 0 Å². The normalized spacial score (nSPS) is 15.6. The van der Waals surface area contributed by atoms with Crippen LogP contribution in [0.15, 0.2) is 60.8 Å². The number of quaternary nitrogens is 1. The zero-order valence-electron chi connectivity index (χ0n) is 35.0. The van der Waals surface area contributed by atoms with Gasteiger partial charge in [0.1, 0.15) is 13.2 Å². The van der Waals surface area contributed by atoms with Crippen molar-refractivity contribution in [1.29, 1.82) is 0 Å². The van der Waals surface area contributed by atoms with Gasteiger partial charge in [-0.25, -0.2) is 0 Å². The number of unbranched alkanes of at least 4 members (excludes halogenated alkanes) is 16. The molecule has 3 N–H and O–H groups in total. The van der Waals surface area contributed by atoms with E-state index >= 15 is 0 Å². The Morgan fingerprint density at radius 1 is 0.704 bits per heavy atom. The van der Waals surface area contributed by atoms with Crippen LogP contribution in [0.4, 0.5) is 0 Å². The highest BCUT2D eigenvalue weighted by Crippen LogP contribution is 2.38. The van der Waals surface area contributed by atoms with Crippen LogP contribution in [0.25, 0.3) is 0 Å². The van der Waals surface area contributed by atoms with Crippen molar-refractivity contribution in [1.82, 2.24) is 5.32 Å². The van der Waals surface area contributed by atoms with Gasteiger partial charge in [-0.15, -0.1) is 0 Å². The first-order valence-electron chi connectivity index (χ1n) is 21.3. The number of rotatable bonds is 37. The summed E-state index contributed by atoms with van der Waals surface area (Å²) in [7, 11) is 1.18. The van der Waals surface area contributed by atoms with E-state index in [9.17, 15) is 24.5 Å². The minimum atomic E-state index is -4.62. The summed E-state index contributed by atoms with van der Waals surface area (Å²) in [5.74, 6) is -0.281. The van der Waals surface area contributed by atoms with E-state index in [2.05, 4.69) is 25.2 Å². The first kappa shape index (κ1) is 52.2. The number of phosphoric acid groups is 1. The van der Waals surface area contributed by atoms with E-state index in [0.717, 1.165) is 32.1 Å². The number of carbonyl (C=O) groups excluding carboxylic acids is 1. The van der Waals surface area contributed by atoms with E-state index in [4.69, 9.17) is 9.05 Å². The number of likely N-dealkylation sites (N-methyl/N-ethyl adjacent to an activating group) is 1. The monoisotopic (exact) mass is 781 g/mol. The highest BCUT2D eigenvalue weighted by molar-refractivity contribution is 7.45. The maximum atomic E-state index is 12.8. The zero-order chi connectivity index (χ0) is 40.2. The smallest absolute Gasteiger partial charge is 0.268 e. The molecule has 0 aliphatic heterocycles. The number of aliphatic hydroxyl groups is 2. The van der Waals surface area contributed by atoms with E-state index in [1.807, 2.05) is 63.7 Å². The molecule has 1 unspecified atom stereocenters. The Morgan fingerprint density at radius 2 is 1.26 bits per heavy atom. The summed E-state index contributed by atoms with van der Waals surface area (Å²) in [5, 5.41) is 23.7. The second kappa shape index (κ2) is 35.6. The maximum absolute atomic E-state index is 12.8. The lowest BCUT2D eigenvalue weighted by Gasteiger charge is -2.29. The highest BCUT2D eigenvalue weighted by Gasteiger charge is 2.23. The van der Waals surface area contributed by atoms with Gasteiger partial charge in [0.25, 0.3) is 7.82 Å².